The highest BCUT2D eigenvalue weighted by atomic mass is 35.5. The second-order valence-corrected chi connectivity index (χ2v) is 5.18. The maximum atomic E-state index is 12.2. The lowest BCUT2D eigenvalue weighted by atomic mass is 10.2. The van der Waals surface area contributed by atoms with Gasteiger partial charge in [0.05, 0.1) is 7.11 Å². The number of fused-ring (bicyclic) bond motifs is 1. The number of methoxy groups -OCH3 is 1. The fourth-order valence-corrected chi connectivity index (χ4v) is 2.31. The van der Waals surface area contributed by atoms with Gasteiger partial charge in [-0.2, -0.15) is 0 Å². The van der Waals surface area contributed by atoms with E-state index in [0.29, 0.717) is 23.0 Å². The summed E-state index contributed by atoms with van der Waals surface area (Å²) in [5, 5.41) is 4.09. The monoisotopic (exact) mass is 315 g/mol. The molecule has 22 heavy (non-hydrogen) atoms. The van der Waals surface area contributed by atoms with Gasteiger partial charge in [0.25, 0.3) is 5.91 Å². The number of carbonyl (C=O) groups is 1. The molecule has 3 rings (SSSR count). The van der Waals surface area contributed by atoms with Crippen LogP contribution >= 0.6 is 11.6 Å². The van der Waals surface area contributed by atoms with Crippen LogP contribution < -0.4 is 10.1 Å². The number of ether oxygens (including phenoxy) is 1. The van der Waals surface area contributed by atoms with E-state index < -0.39 is 0 Å². The Hall–Kier alpha value is -2.53. The Morgan fingerprint density at radius 2 is 2.18 bits per heavy atom. The van der Waals surface area contributed by atoms with Crippen molar-refractivity contribution in [2.24, 2.45) is 0 Å². The number of hydrogen-bond acceptors (Lipinski definition) is 3. The molecule has 112 valence electrons. The summed E-state index contributed by atoms with van der Waals surface area (Å²) in [6.07, 6.45) is 0. The molecule has 5 nitrogen and oxygen atoms in total. The molecule has 0 fully saturated rings. The second kappa shape index (κ2) is 6.07. The lowest BCUT2D eigenvalue weighted by Crippen LogP contribution is -2.23. The fraction of sp³-hybridized carbons (Fsp3) is 0.125. The first-order chi connectivity index (χ1) is 10.7. The number of nitrogens with one attached hydrogen (secondary N) is 2. The molecule has 0 spiro atoms. The summed E-state index contributed by atoms with van der Waals surface area (Å²) in [6, 6.07) is 12.8. The Labute approximate surface area is 132 Å². The van der Waals surface area contributed by atoms with E-state index in [4.69, 9.17) is 16.3 Å². The molecule has 0 aliphatic heterocycles. The van der Waals surface area contributed by atoms with Crippen molar-refractivity contribution in [3.63, 3.8) is 0 Å². The summed E-state index contributed by atoms with van der Waals surface area (Å²) in [4.78, 5) is 19.3. The van der Waals surface area contributed by atoms with Crippen molar-refractivity contribution in [2.75, 3.05) is 7.11 Å². The third-order valence-corrected chi connectivity index (χ3v) is 3.49. The largest absolute Gasteiger partial charge is 0.497 e. The Morgan fingerprint density at radius 3 is 3.00 bits per heavy atom. The average molecular weight is 316 g/mol. The third-order valence-electron chi connectivity index (χ3n) is 3.28. The molecule has 0 radical (unpaired) electrons. The Kier molecular flexibility index (Phi) is 3.98. The second-order valence-electron chi connectivity index (χ2n) is 4.79. The average Bonchev–Trinajstić information content (AvgIpc) is 2.96. The van der Waals surface area contributed by atoms with E-state index in [2.05, 4.69) is 15.3 Å². The molecule has 0 aliphatic carbocycles. The highest BCUT2D eigenvalue weighted by Gasteiger charge is 2.10. The highest BCUT2D eigenvalue weighted by molar-refractivity contribution is 6.29. The van der Waals surface area contributed by atoms with E-state index in [-0.39, 0.29) is 5.91 Å². The van der Waals surface area contributed by atoms with Crippen LogP contribution in [0.5, 0.6) is 5.75 Å². The van der Waals surface area contributed by atoms with Crippen LogP contribution in [0.3, 0.4) is 0 Å². The molecule has 2 N–H and O–H groups in total. The maximum absolute atomic E-state index is 12.2. The quantitative estimate of drug-likeness (QED) is 0.727. The van der Waals surface area contributed by atoms with Crippen molar-refractivity contribution >= 4 is 28.5 Å². The molecule has 0 atom stereocenters. The Bertz CT molecular complexity index is 829. The normalized spacial score (nSPS) is 10.6. The number of pyridine rings is 1. The number of amides is 1. The molecule has 6 heteroatoms. The van der Waals surface area contributed by atoms with Gasteiger partial charge in [-0.1, -0.05) is 23.7 Å². The zero-order chi connectivity index (χ0) is 15.5. The highest BCUT2D eigenvalue weighted by Crippen LogP contribution is 2.17. The molecule has 2 aromatic heterocycles. The van der Waals surface area contributed by atoms with Gasteiger partial charge in [-0.15, -0.1) is 0 Å². The number of benzene rings is 1. The first-order valence-electron chi connectivity index (χ1n) is 6.72. The van der Waals surface area contributed by atoms with Crippen LogP contribution in [-0.4, -0.2) is 23.0 Å². The molecule has 2 heterocycles. The summed E-state index contributed by atoms with van der Waals surface area (Å²) in [7, 11) is 1.61. The van der Waals surface area contributed by atoms with Crippen molar-refractivity contribution in [2.45, 2.75) is 6.54 Å². The third kappa shape index (κ3) is 3.04. The van der Waals surface area contributed by atoms with Gasteiger partial charge in [0.2, 0.25) is 0 Å². The molecule has 1 amide bonds. The predicted octanol–water partition coefficient (Wildman–Crippen LogP) is 3.15. The van der Waals surface area contributed by atoms with Crippen LogP contribution in [0.2, 0.25) is 5.15 Å². The molecular weight excluding hydrogens is 302 g/mol. The van der Waals surface area contributed by atoms with Crippen LogP contribution in [0.15, 0.2) is 42.5 Å². The van der Waals surface area contributed by atoms with E-state index in [1.165, 1.54) is 0 Å². The Balaban J connectivity index is 1.72. The topological polar surface area (TPSA) is 67.0 Å². The summed E-state index contributed by atoms with van der Waals surface area (Å²) in [5.41, 5.74) is 2.01. The van der Waals surface area contributed by atoms with E-state index in [9.17, 15) is 4.79 Å². The number of H-pyrrole nitrogens is 1. The molecule has 1 aromatic carbocycles. The number of halogens is 1. The Morgan fingerprint density at radius 1 is 1.32 bits per heavy atom. The van der Waals surface area contributed by atoms with Crippen molar-refractivity contribution in [1.29, 1.82) is 0 Å². The number of rotatable bonds is 4. The van der Waals surface area contributed by atoms with Crippen molar-refractivity contribution in [3.8, 4) is 5.75 Å². The number of aromatic nitrogens is 2. The predicted molar refractivity (Wildman–Crippen MR) is 85.3 cm³/mol. The fourth-order valence-electron chi connectivity index (χ4n) is 2.16. The zero-order valence-electron chi connectivity index (χ0n) is 11.9. The van der Waals surface area contributed by atoms with Crippen LogP contribution in [0.1, 0.15) is 16.1 Å². The first kappa shape index (κ1) is 14.4. The van der Waals surface area contributed by atoms with Crippen LogP contribution in [-0.2, 0) is 6.54 Å². The molecule has 0 aliphatic rings. The summed E-state index contributed by atoms with van der Waals surface area (Å²) in [5.74, 6) is 0.563. The number of nitrogens with zero attached hydrogens (tertiary/aromatic N) is 1. The van der Waals surface area contributed by atoms with E-state index >= 15 is 0 Å². The van der Waals surface area contributed by atoms with Crippen molar-refractivity contribution in [3.05, 3.63) is 58.9 Å². The number of aromatic amines is 1. The lowest BCUT2D eigenvalue weighted by Gasteiger charge is -2.06. The number of carbonyl (C=O) groups excluding carboxylic acids is 1. The van der Waals surface area contributed by atoms with Gasteiger partial charge in [-0.05, 0) is 35.9 Å². The van der Waals surface area contributed by atoms with Gasteiger partial charge in [0.1, 0.15) is 22.2 Å². The zero-order valence-corrected chi connectivity index (χ0v) is 12.6. The lowest BCUT2D eigenvalue weighted by molar-refractivity contribution is 0.0946. The minimum Gasteiger partial charge on any atom is -0.497 e. The maximum Gasteiger partial charge on any atom is 0.268 e. The van der Waals surface area contributed by atoms with Gasteiger partial charge in [-0.3, -0.25) is 4.79 Å². The van der Waals surface area contributed by atoms with Crippen LogP contribution in [0.25, 0.3) is 11.0 Å². The van der Waals surface area contributed by atoms with Gasteiger partial charge >= 0.3 is 0 Å². The van der Waals surface area contributed by atoms with Crippen LogP contribution in [0.4, 0.5) is 0 Å². The molecule has 0 saturated heterocycles. The smallest absolute Gasteiger partial charge is 0.268 e. The summed E-state index contributed by atoms with van der Waals surface area (Å²) >= 11 is 5.83. The van der Waals surface area contributed by atoms with Gasteiger partial charge in [0.15, 0.2) is 0 Å². The van der Waals surface area contributed by atoms with Crippen molar-refractivity contribution in [1.82, 2.24) is 15.3 Å². The summed E-state index contributed by atoms with van der Waals surface area (Å²) in [6.45, 7) is 0.416. The van der Waals surface area contributed by atoms with Gasteiger partial charge in [0, 0.05) is 11.9 Å². The molecule has 0 bridgehead atoms. The van der Waals surface area contributed by atoms with Gasteiger partial charge < -0.3 is 15.0 Å². The van der Waals surface area contributed by atoms with Crippen LogP contribution in [0, 0.1) is 0 Å². The minimum absolute atomic E-state index is 0.197. The minimum atomic E-state index is -0.197. The van der Waals surface area contributed by atoms with E-state index in [1.54, 1.807) is 19.2 Å². The molecule has 3 aromatic rings. The van der Waals surface area contributed by atoms with E-state index in [1.807, 2.05) is 30.3 Å². The summed E-state index contributed by atoms with van der Waals surface area (Å²) < 4.78 is 5.16. The standard InChI is InChI=1S/C16H14ClN3O2/c1-22-12-4-2-3-10(7-12)9-18-16(21)13-8-11-5-6-14(17)20-15(11)19-13/h2-8H,9H2,1H3,(H,18,21)(H,19,20). The number of hydrogen-bond donors (Lipinski definition) is 2. The van der Waals surface area contributed by atoms with E-state index in [0.717, 1.165) is 16.7 Å². The SMILES string of the molecule is COc1cccc(CNC(=O)c2cc3ccc(Cl)nc3[nH]2)c1. The molecular formula is C16H14ClN3O2. The molecule has 0 unspecified atom stereocenters. The first-order valence-corrected chi connectivity index (χ1v) is 7.10. The molecule has 0 saturated carbocycles. The van der Waals surface area contributed by atoms with Crippen molar-refractivity contribution < 1.29 is 9.53 Å². The van der Waals surface area contributed by atoms with Gasteiger partial charge in [-0.25, -0.2) is 4.98 Å².